The van der Waals surface area contributed by atoms with Crippen molar-refractivity contribution >= 4 is 17.5 Å². The first-order valence-electron chi connectivity index (χ1n) is 5.16. The first kappa shape index (κ1) is 12.2. The lowest BCUT2D eigenvalue weighted by Crippen LogP contribution is -2.32. The van der Waals surface area contributed by atoms with Crippen molar-refractivity contribution in [2.24, 2.45) is 5.92 Å². The van der Waals surface area contributed by atoms with E-state index >= 15 is 0 Å². The molecule has 6 heteroatoms. The van der Waals surface area contributed by atoms with Crippen LogP contribution in [-0.4, -0.2) is 29.0 Å². The Bertz CT molecular complexity index is 353. The van der Waals surface area contributed by atoms with Crippen LogP contribution in [0.3, 0.4) is 0 Å². The highest BCUT2D eigenvalue weighted by Crippen LogP contribution is 2.01. The number of rotatable bonds is 5. The molecule has 1 rings (SSSR count). The van der Waals surface area contributed by atoms with E-state index in [0.29, 0.717) is 24.1 Å². The highest BCUT2D eigenvalue weighted by molar-refractivity contribution is 5.80. The number of nitrogen functional groups attached to an aromatic ring is 1. The van der Waals surface area contributed by atoms with E-state index in [1.165, 1.54) is 12.4 Å². The van der Waals surface area contributed by atoms with E-state index in [0.717, 1.165) is 0 Å². The molecule has 4 N–H and O–H groups in total. The van der Waals surface area contributed by atoms with E-state index < -0.39 is 0 Å². The minimum absolute atomic E-state index is 0.0714. The number of aromatic nitrogens is 2. The van der Waals surface area contributed by atoms with Gasteiger partial charge >= 0.3 is 0 Å². The lowest BCUT2D eigenvalue weighted by molar-refractivity contribution is -0.119. The number of hydrogen-bond donors (Lipinski definition) is 3. The van der Waals surface area contributed by atoms with Crippen LogP contribution in [0.25, 0.3) is 0 Å². The van der Waals surface area contributed by atoms with E-state index in [9.17, 15) is 4.79 Å². The van der Waals surface area contributed by atoms with Gasteiger partial charge in [0.15, 0.2) is 0 Å². The number of nitrogens with two attached hydrogens (primary N) is 1. The summed E-state index contributed by atoms with van der Waals surface area (Å²) in [6, 6.07) is 0. The second-order valence-electron chi connectivity index (χ2n) is 3.88. The third-order valence-corrected chi connectivity index (χ3v) is 1.79. The number of carbonyl (C=O) groups excluding carboxylic acids is 1. The zero-order valence-corrected chi connectivity index (χ0v) is 9.53. The van der Waals surface area contributed by atoms with Crippen molar-refractivity contribution in [1.29, 1.82) is 0 Å². The molecule has 0 spiro atoms. The lowest BCUT2D eigenvalue weighted by atomic mass is 10.2. The number of anilines is 2. The Morgan fingerprint density at radius 3 is 2.88 bits per heavy atom. The zero-order valence-electron chi connectivity index (χ0n) is 9.53. The summed E-state index contributed by atoms with van der Waals surface area (Å²) in [6.45, 7) is 4.92. The van der Waals surface area contributed by atoms with E-state index in [2.05, 4.69) is 20.6 Å². The smallest absolute Gasteiger partial charge is 0.239 e. The second kappa shape index (κ2) is 5.89. The molecule has 0 aliphatic carbocycles. The van der Waals surface area contributed by atoms with Crippen LogP contribution in [0.15, 0.2) is 12.4 Å². The van der Waals surface area contributed by atoms with Gasteiger partial charge in [-0.2, -0.15) is 0 Å². The zero-order chi connectivity index (χ0) is 12.0. The first-order chi connectivity index (χ1) is 7.58. The van der Waals surface area contributed by atoms with E-state index in [1.807, 2.05) is 13.8 Å². The monoisotopic (exact) mass is 223 g/mol. The summed E-state index contributed by atoms with van der Waals surface area (Å²) in [7, 11) is 0. The predicted octanol–water partition coefficient (Wildman–Crippen LogP) is 0.243. The van der Waals surface area contributed by atoms with Crippen LogP contribution in [0.2, 0.25) is 0 Å². The van der Waals surface area contributed by atoms with Crippen molar-refractivity contribution < 1.29 is 4.79 Å². The van der Waals surface area contributed by atoms with Crippen LogP contribution >= 0.6 is 0 Å². The Kier molecular flexibility index (Phi) is 4.50. The molecular weight excluding hydrogens is 206 g/mol. The van der Waals surface area contributed by atoms with Gasteiger partial charge in [-0.3, -0.25) is 9.78 Å². The largest absolute Gasteiger partial charge is 0.382 e. The standard InChI is InChI=1S/C10H17N5O/c1-7(2)3-14-10(16)6-13-9-5-12-4-8(11)15-9/h4-5,7H,3,6H2,1-2H3,(H,14,16)(H3,11,13,15). The molecule has 0 saturated heterocycles. The Balaban J connectivity index is 2.31. The first-order valence-corrected chi connectivity index (χ1v) is 5.16. The normalized spacial score (nSPS) is 10.2. The second-order valence-corrected chi connectivity index (χ2v) is 3.88. The number of amides is 1. The van der Waals surface area contributed by atoms with Gasteiger partial charge in [0.1, 0.15) is 11.6 Å². The van der Waals surface area contributed by atoms with Gasteiger partial charge in [-0.25, -0.2) is 4.98 Å². The van der Waals surface area contributed by atoms with Gasteiger partial charge in [0.05, 0.1) is 18.9 Å². The highest BCUT2D eigenvalue weighted by Gasteiger charge is 2.02. The summed E-state index contributed by atoms with van der Waals surface area (Å²) in [4.78, 5) is 19.2. The molecule has 1 heterocycles. The average molecular weight is 223 g/mol. The molecule has 0 aliphatic heterocycles. The van der Waals surface area contributed by atoms with Crippen molar-refractivity contribution in [3.8, 4) is 0 Å². The molecule has 0 aromatic carbocycles. The molecule has 0 radical (unpaired) electrons. The van der Waals surface area contributed by atoms with Crippen molar-refractivity contribution in [3.05, 3.63) is 12.4 Å². The Morgan fingerprint density at radius 2 is 2.25 bits per heavy atom. The third-order valence-electron chi connectivity index (χ3n) is 1.79. The molecule has 6 nitrogen and oxygen atoms in total. The van der Waals surface area contributed by atoms with Gasteiger partial charge in [0.25, 0.3) is 0 Å². The average Bonchev–Trinajstić information content (AvgIpc) is 2.23. The summed E-state index contributed by atoms with van der Waals surface area (Å²) in [5.41, 5.74) is 5.45. The van der Waals surface area contributed by atoms with Gasteiger partial charge in [-0.05, 0) is 5.92 Å². The van der Waals surface area contributed by atoms with E-state index in [1.54, 1.807) is 0 Å². The van der Waals surface area contributed by atoms with Crippen LogP contribution in [-0.2, 0) is 4.79 Å². The summed E-state index contributed by atoms with van der Waals surface area (Å²) in [5.74, 6) is 1.20. The number of hydrogen-bond acceptors (Lipinski definition) is 5. The maximum Gasteiger partial charge on any atom is 0.239 e. The SMILES string of the molecule is CC(C)CNC(=O)CNc1cncc(N)n1. The molecule has 1 aromatic heterocycles. The molecule has 1 aromatic rings. The predicted molar refractivity (Wildman–Crippen MR) is 62.8 cm³/mol. The molecule has 88 valence electrons. The van der Waals surface area contributed by atoms with Gasteiger partial charge < -0.3 is 16.4 Å². The lowest BCUT2D eigenvalue weighted by Gasteiger charge is -2.08. The molecule has 16 heavy (non-hydrogen) atoms. The summed E-state index contributed by atoms with van der Waals surface area (Å²) in [5, 5.41) is 5.63. The van der Waals surface area contributed by atoms with Crippen LogP contribution < -0.4 is 16.4 Å². The quantitative estimate of drug-likeness (QED) is 0.665. The Morgan fingerprint density at radius 1 is 1.50 bits per heavy atom. The fourth-order valence-corrected chi connectivity index (χ4v) is 1.02. The molecule has 0 fully saturated rings. The molecule has 1 amide bonds. The van der Waals surface area contributed by atoms with Crippen molar-refractivity contribution in [2.75, 3.05) is 24.1 Å². The fourth-order valence-electron chi connectivity index (χ4n) is 1.02. The van der Waals surface area contributed by atoms with Crippen molar-refractivity contribution in [1.82, 2.24) is 15.3 Å². The molecule has 0 unspecified atom stereocenters. The minimum Gasteiger partial charge on any atom is -0.382 e. The topological polar surface area (TPSA) is 92.9 Å². The van der Waals surface area contributed by atoms with Gasteiger partial charge in [-0.15, -0.1) is 0 Å². The molecule has 0 saturated carbocycles. The van der Waals surface area contributed by atoms with Crippen LogP contribution in [0, 0.1) is 5.92 Å². The van der Waals surface area contributed by atoms with Gasteiger partial charge in [0.2, 0.25) is 5.91 Å². The Hall–Kier alpha value is -1.85. The number of nitrogens with one attached hydrogen (secondary N) is 2. The Labute approximate surface area is 94.7 Å². The molecule has 0 aliphatic rings. The fraction of sp³-hybridized carbons (Fsp3) is 0.500. The third kappa shape index (κ3) is 4.59. The maximum atomic E-state index is 11.4. The highest BCUT2D eigenvalue weighted by atomic mass is 16.1. The molecular formula is C10H17N5O. The molecule has 0 bridgehead atoms. The van der Waals surface area contributed by atoms with E-state index in [-0.39, 0.29) is 12.5 Å². The van der Waals surface area contributed by atoms with E-state index in [4.69, 9.17) is 5.73 Å². The van der Waals surface area contributed by atoms with Crippen LogP contribution in [0.5, 0.6) is 0 Å². The summed E-state index contributed by atoms with van der Waals surface area (Å²) >= 11 is 0. The molecule has 0 atom stereocenters. The summed E-state index contributed by atoms with van der Waals surface area (Å²) < 4.78 is 0. The van der Waals surface area contributed by atoms with Gasteiger partial charge in [-0.1, -0.05) is 13.8 Å². The van der Waals surface area contributed by atoms with Crippen molar-refractivity contribution in [3.63, 3.8) is 0 Å². The minimum atomic E-state index is -0.0714. The van der Waals surface area contributed by atoms with Crippen LogP contribution in [0.1, 0.15) is 13.8 Å². The van der Waals surface area contributed by atoms with Crippen LogP contribution in [0.4, 0.5) is 11.6 Å². The number of carbonyl (C=O) groups is 1. The van der Waals surface area contributed by atoms with Crippen molar-refractivity contribution in [2.45, 2.75) is 13.8 Å². The summed E-state index contributed by atoms with van der Waals surface area (Å²) in [6.07, 6.45) is 2.97. The number of nitrogens with zero attached hydrogens (tertiary/aromatic N) is 2. The maximum absolute atomic E-state index is 11.4. The van der Waals surface area contributed by atoms with Gasteiger partial charge in [0, 0.05) is 6.54 Å².